The summed E-state index contributed by atoms with van der Waals surface area (Å²) in [6, 6.07) is 6.05. The van der Waals surface area contributed by atoms with Gasteiger partial charge >= 0.3 is 0 Å². The van der Waals surface area contributed by atoms with Gasteiger partial charge in [-0.1, -0.05) is 6.07 Å². The molecule has 0 saturated carbocycles. The molecule has 3 nitrogen and oxygen atoms in total. The normalized spacial score (nSPS) is 20.3. The molecule has 1 saturated heterocycles. The van der Waals surface area contributed by atoms with E-state index in [1.165, 1.54) is 12.0 Å². The molecule has 82 valence electrons. The molecule has 2 rings (SSSR count). The first-order chi connectivity index (χ1) is 7.35. The third kappa shape index (κ3) is 2.07. The van der Waals surface area contributed by atoms with Crippen LogP contribution < -0.4 is 14.8 Å². The molecule has 1 atom stereocenters. The van der Waals surface area contributed by atoms with E-state index in [2.05, 4.69) is 11.4 Å². The molecule has 0 spiro atoms. The Labute approximate surface area is 90.4 Å². The molecule has 1 aromatic rings. The minimum atomic E-state index is 0.575. The topological polar surface area (TPSA) is 30.5 Å². The summed E-state index contributed by atoms with van der Waals surface area (Å²) in [4.78, 5) is 0. The van der Waals surface area contributed by atoms with Gasteiger partial charge in [-0.15, -0.1) is 0 Å². The molecule has 0 radical (unpaired) electrons. The van der Waals surface area contributed by atoms with E-state index in [0.717, 1.165) is 24.6 Å². The fraction of sp³-hybridized carbons (Fsp3) is 0.500. The smallest absolute Gasteiger partial charge is 0.126 e. The fourth-order valence-corrected chi connectivity index (χ4v) is 2.08. The predicted octanol–water partition coefficient (Wildman–Crippen LogP) is 1.78. The summed E-state index contributed by atoms with van der Waals surface area (Å²) < 4.78 is 10.6. The minimum absolute atomic E-state index is 0.575. The average Bonchev–Trinajstić information content (AvgIpc) is 2.81. The third-order valence-electron chi connectivity index (χ3n) is 2.94. The van der Waals surface area contributed by atoms with Crippen LogP contribution in [-0.2, 0) is 0 Å². The predicted molar refractivity (Wildman–Crippen MR) is 59.8 cm³/mol. The summed E-state index contributed by atoms with van der Waals surface area (Å²) in [5.74, 6) is 2.36. The lowest BCUT2D eigenvalue weighted by molar-refractivity contribution is 0.389. The molecule has 3 heteroatoms. The van der Waals surface area contributed by atoms with E-state index in [-0.39, 0.29) is 0 Å². The van der Waals surface area contributed by atoms with Crippen LogP contribution >= 0.6 is 0 Å². The number of nitrogens with one attached hydrogen (secondary N) is 1. The summed E-state index contributed by atoms with van der Waals surface area (Å²) in [7, 11) is 3.38. The molecule has 0 aromatic heterocycles. The second-order valence-electron chi connectivity index (χ2n) is 3.80. The van der Waals surface area contributed by atoms with Crippen molar-refractivity contribution in [1.82, 2.24) is 5.32 Å². The number of methoxy groups -OCH3 is 2. The maximum atomic E-state index is 5.39. The van der Waals surface area contributed by atoms with E-state index in [0.29, 0.717) is 5.92 Å². The molecule has 1 unspecified atom stereocenters. The van der Waals surface area contributed by atoms with Crippen LogP contribution in [0.4, 0.5) is 0 Å². The highest BCUT2D eigenvalue weighted by Crippen LogP contribution is 2.33. The maximum Gasteiger partial charge on any atom is 0.126 e. The van der Waals surface area contributed by atoms with Gasteiger partial charge in [0.1, 0.15) is 11.5 Å². The van der Waals surface area contributed by atoms with Crippen molar-refractivity contribution < 1.29 is 9.47 Å². The molecule has 1 fully saturated rings. The van der Waals surface area contributed by atoms with Crippen molar-refractivity contribution in [2.75, 3.05) is 27.3 Å². The van der Waals surface area contributed by atoms with Crippen LogP contribution in [0.1, 0.15) is 17.9 Å². The van der Waals surface area contributed by atoms with Gasteiger partial charge in [0.25, 0.3) is 0 Å². The van der Waals surface area contributed by atoms with Gasteiger partial charge < -0.3 is 14.8 Å². The quantitative estimate of drug-likeness (QED) is 0.819. The zero-order valence-electron chi connectivity index (χ0n) is 9.25. The zero-order valence-corrected chi connectivity index (χ0v) is 9.25. The molecule has 1 heterocycles. The number of hydrogen-bond acceptors (Lipinski definition) is 3. The van der Waals surface area contributed by atoms with Crippen LogP contribution in [0.2, 0.25) is 0 Å². The summed E-state index contributed by atoms with van der Waals surface area (Å²) in [6.07, 6.45) is 1.18. The van der Waals surface area contributed by atoms with Gasteiger partial charge in [0.15, 0.2) is 0 Å². The highest BCUT2D eigenvalue weighted by atomic mass is 16.5. The number of benzene rings is 1. The van der Waals surface area contributed by atoms with Crippen molar-refractivity contribution in [1.29, 1.82) is 0 Å². The van der Waals surface area contributed by atoms with Gasteiger partial charge in [-0.25, -0.2) is 0 Å². The Balaban J connectivity index is 2.29. The van der Waals surface area contributed by atoms with Gasteiger partial charge in [-0.05, 0) is 24.6 Å². The average molecular weight is 207 g/mol. The molecule has 0 aliphatic carbocycles. The van der Waals surface area contributed by atoms with Gasteiger partial charge in [-0.3, -0.25) is 0 Å². The maximum absolute atomic E-state index is 5.39. The molecular weight excluding hydrogens is 190 g/mol. The second kappa shape index (κ2) is 4.53. The van der Waals surface area contributed by atoms with Crippen LogP contribution in [0.5, 0.6) is 11.5 Å². The van der Waals surface area contributed by atoms with Crippen LogP contribution in [0, 0.1) is 0 Å². The molecule has 0 bridgehead atoms. The highest BCUT2D eigenvalue weighted by Gasteiger charge is 2.20. The van der Waals surface area contributed by atoms with E-state index >= 15 is 0 Å². The number of rotatable bonds is 3. The Morgan fingerprint density at radius 1 is 1.27 bits per heavy atom. The van der Waals surface area contributed by atoms with Crippen molar-refractivity contribution >= 4 is 0 Å². The Bertz CT molecular complexity index is 332. The summed E-state index contributed by atoms with van der Waals surface area (Å²) >= 11 is 0. The SMILES string of the molecule is COc1ccc(C2CCNC2)c(OC)c1. The Morgan fingerprint density at radius 3 is 2.73 bits per heavy atom. The molecule has 1 aliphatic rings. The largest absolute Gasteiger partial charge is 0.497 e. The Kier molecular flexibility index (Phi) is 3.11. The summed E-state index contributed by atoms with van der Waals surface area (Å²) in [6.45, 7) is 2.14. The monoisotopic (exact) mass is 207 g/mol. The number of hydrogen-bond donors (Lipinski definition) is 1. The van der Waals surface area contributed by atoms with Gasteiger partial charge in [0.05, 0.1) is 14.2 Å². The van der Waals surface area contributed by atoms with E-state index in [1.807, 2.05) is 12.1 Å². The first kappa shape index (κ1) is 10.3. The minimum Gasteiger partial charge on any atom is -0.497 e. The fourth-order valence-electron chi connectivity index (χ4n) is 2.08. The van der Waals surface area contributed by atoms with Crippen LogP contribution in [-0.4, -0.2) is 27.3 Å². The summed E-state index contributed by atoms with van der Waals surface area (Å²) in [5, 5.41) is 3.36. The van der Waals surface area contributed by atoms with Crippen molar-refractivity contribution in [2.45, 2.75) is 12.3 Å². The Hall–Kier alpha value is -1.22. The lowest BCUT2D eigenvalue weighted by Crippen LogP contribution is -2.08. The van der Waals surface area contributed by atoms with Crippen molar-refractivity contribution in [3.05, 3.63) is 23.8 Å². The molecule has 1 N–H and O–H groups in total. The van der Waals surface area contributed by atoms with E-state index in [1.54, 1.807) is 14.2 Å². The molecule has 1 aliphatic heterocycles. The van der Waals surface area contributed by atoms with Crippen molar-refractivity contribution in [2.24, 2.45) is 0 Å². The summed E-state index contributed by atoms with van der Waals surface area (Å²) in [5.41, 5.74) is 1.28. The zero-order chi connectivity index (χ0) is 10.7. The van der Waals surface area contributed by atoms with Gasteiger partial charge in [-0.2, -0.15) is 0 Å². The molecular formula is C12H17NO2. The number of ether oxygens (including phenoxy) is 2. The molecule has 1 aromatic carbocycles. The van der Waals surface area contributed by atoms with Crippen LogP contribution in [0.3, 0.4) is 0 Å². The van der Waals surface area contributed by atoms with Gasteiger partial charge in [0.2, 0.25) is 0 Å². The third-order valence-corrected chi connectivity index (χ3v) is 2.94. The first-order valence-electron chi connectivity index (χ1n) is 5.28. The molecule has 0 amide bonds. The van der Waals surface area contributed by atoms with Crippen LogP contribution in [0.15, 0.2) is 18.2 Å². The van der Waals surface area contributed by atoms with E-state index in [4.69, 9.17) is 9.47 Å². The lowest BCUT2D eigenvalue weighted by atomic mass is 9.97. The van der Waals surface area contributed by atoms with E-state index in [9.17, 15) is 0 Å². The Morgan fingerprint density at radius 2 is 2.13 bits per heavy atom. The second-order valence-corrected chi connectivity index (χ2v) is 3.80. The first-order valence-corrected chi connectivity index (χ1v) is 5.28. The highest BCUT2D eigenvalue weighted by molar-refractivity contribution is 5.43. The van der Waals surface area contributed by atoms with Crippen LogP contribution in [0.25, 0.3) is 0 Å². The van der Waals surface area contributed by atoms with Gasteiger partial charge in [0, 0.05) is 18.5 Å². The van der Waals surface area contributed by atoms with Crippen molar-refractivity contribution in [3.63, 3.8) is 0 Å². The van der Waals surface area contributed by atoms with Crippen molar-refractivity contribution in [3.8, 4) is 11.5 Å². The van der Waals surface area contributed by atoms with E-state index < -0.39 is 0 Å². The lowest BCUT2D eigenvalue weighted by Gasteiger charge is -2.14. The molecule has 15 heavy (non-hydrogen) atoms. The standard InChI is InChI=1S/C12H17NO2/c1-14-10-3-4-11(12(7-10)15-2)9-5-6-13-8-9/h3-4,7,9,13H,5-6,8H2,1-2H3.